The van der Waals surface area contributed by atoms with Crippen LogP contribution in [0.15, 0.2) is 46.0 Å². The number of nitro benzene ring substituents is 1. The molecule has 0 saturated heterocycles. The Morgan fingerprint density at radius 1 is 1.35 bits per heavy atom. The predicted molar refractivity (Wildman–Crippen MR) is 92.0 cm³/mol. The topological polar surface area (TPSA) is 84.6 Å². The van der Waals surface area contributed by atoms with E-state index >= 15 is 0 Å². The maximum atomic E-state index is 12.0. The molecule has 2 aromatic carbocycles. The average molecular weight is 397 g/mol. The van der Waals surface area contributed by atoms with Gasteiger partial charge in [0.25, 0.3) is 11.6 Å². The van der Waals surface area contributed by atoms with Gasteiger partial charge in [-0.3, -0.25) is 14.9 Å². The van der Waals surface area contributed by atoms with Crippen LogP contribution >= 0.6 is 27.5 Å². The molecule has 2 rings (SSSR count). The number of carbonyl (C=O) groups is 1. The van der Waals surface area contributed by atoms with Crippen molar-refractivity contribution in [2.75, 3.05) is 0 Å². The predicted octanol–water partition coefficient (Wildman–Crippen LogP) is 4.08. The van der Waals surface area contributed by atoms with Gasteiger partial charge in [-0.15, -0.1) is 0 Å². The Kier molecular flexibility index (Phi) is 5.46. The zero-order chi connectivity index (χ0) is 17.0. The van der Waals surface area contributed by atoms with Gasteiger partial charge in [0.05, 0.1) is 26.2 Å². The number of amides is 1. The fraction of sp³-hybridized carbons (Fsp3) is 0.0667. The maximum absolute atomic E-state index is 12.0. The SMILES string of the molecule is Cc1ccc(C(=O)NN=Cc2ccc(Br)c([N+](=O)[O-])c2)c(Cl)c1. The average Bonchev–Trinajstić information content (AvgIpc) is 2.48. The van der Waals surface area contributed by atoms with E-state index in [0.29, 0.717) is 20.6 Å². The number of carbonyl (C=O) groups excluding carboxylic acids is 1. The zero-order valence-electron chi connectivity index (χ0n) is 11.9. The van der Waals surface area contributed by atoms with Crippen molar-refractivity contribution in [1.82, 2.24) is 5.43 Å². The standard InChI is InChI=1S/C15H11BrClN3O3/c1-9-2-4-11(13(17)6-9)15(21)19-18-8-10-3-5-12(16)14(7-10)20(22)23/h2-8H,1H3,(H,19,21). The van der Waals surface area contributed by atoms with Gasteiger partial charge in [-0.2, -0.15) is 5.10 Å². The molecular formula is C15H11BrClN3O3. The third-order valence-electron chi connectivity index (χ3n) is 2.92. The van der Waals surface area contributed by atoms with Crippen molar-refractivity contribution >= 4 is 45.3 Å². The van der Waals surface area contributed by atoms with Gasteiger partial charge in [-0.25, -0.2) is 5.43 Å². The smallest absolute Gasteiger partial charge is 0.267 e. The van der Waals surface area contributed by atoms with Gasteiger partial charge in [0.2, 0.25) is 0 Å². The molecule has 0 saturated carbocycles. The lowest BCUT2D eigenvalue weighted by Gasteiger charge is -2.03. The summed E-state index contributed by atoms with van der Waals surface area (Å²) in [6.45, 7) is 1.87. The van der Waals surface area contributed by atoms with Gasteiger partial charge in [0.1, 0.15) is 0 Å². The normalized spacial score (nSPS) is 10.7. The number of nitro groups is 1. The van der Waals surface area contributed by atoms with E-state index in [1.165, 1.54) is 18.3 Å². The third-order valence-corrected chi connectivity index (χ3v) is 3.90. The highest BCUT2D eigenvalue weighted by Crippen LogP contribution is 2.25. The van der Waals surface area contributed by atoms with Crippen LogP contribution in [0.1, 0.15) is 21.5 Å². The number of halogens is 2. The van der Waals surface area contributed by atoms with Crippen molar-refractivity contribution < 1.29 is 9.72 Å². The summed E-state index contributed by atoms with van der Waals surface area (Å²) in [5.74, 6) is -0.460. The Balaban J connectivity index is 2.11. The first-order chi connectivity index (χ1) is 10.9. The zero-order valence-corrected chi connectivity index (χ0v) is 14.3. The summed E-state index contributed by atoms with van der Waals surface area (Å²) in [7, 11) is 0. The number of hydrogen-bond acceptors (Lipinski definition) is 4. The van der Waals surface area contributed by atoms with Crippen LogP contribution < -0.4 is 5.43 Å². The molecule has 0 heterocycles. The van der Waals surface area contributed by atoms with E-state index < -0.39 is 10.8 Å². The first-order valence-corrected chi connectivity index (χ1v) is 7.59. The maximum Gasteiger partial charge on any atom is 0.284 e. The minimum atomic E-state index is -0.508. The summed E-state index contributed by atoms with van der Waals surface area (Å²) in [5.41, 5.74) is 3.98. The van der Waals surface area contributed by atoms with Crippen molar-refractivity contribution in [1.29, 1.82) is 0 Å². The van der Waals surface area contributed by atoms with Crippen LogP contribution in [-0.2, 0) is 0 Å². The van der Waals surface area contributed by atoms with E-state index in [1.807, 2.05) is 6.92 Å². The highest BCUT2D eigenvalue weighted by molar-refractivity contribution is 9.10. The highest BCUT2D eigenvalue weighted by Gasteiger charge is 2.12. The molecule has 6 nitrogen and oxygen atoms in total. The molecule has 0 aliphatic rings. The molecule has 2 aromatic rings. The summed E-state index contributed by atoms with van der Waals surface area (Å²) in [6, 6.07) is 9.57. The fourth-order valence-electron chi connectivity index (χ4n) is 1.78. The molecule has 0 aliphatic heterocycles. The quantitative estimate of drug-likeness (QED) is 0.480. The number of nitrogens with zero attached hydrogens (tertiary/aromatic N) is 2. The third kappa shape index (κ3) is 4.37. The summed E-state index contributed by atoms with van der Waals surface area (Å²) < 4.78 is 0.370. The number of nitrogens with one attached hydrogen (secondary N) is 1. The second-order valence-corrected chi connectivity index (χ2v) is 5.91. The molecule has 0 aromatic heterocycles. The van der Waals surface area contributed by atoms with Gasteiger partial charge in [-0.1, -0.05) is 23.7 Å². The number of benzene rings is 2. The van der Waals surface area contributed by atoms with Gasteiger partial charge in [0, 0.05) is 11.6 Å². The molecule has 1 amide bonds. The molecule has 1 N–H and O–H groups in total. The van der Waals surface area contributed by atoms with Crippen LogP contribution in [0.4, 0.5) is 5.69 Å². The lowest BCUT2D eigenvalue weighted by molar-refractivity contribution is -0.385. The van der Waals surface area contributed by atoms with Crippen LogP contribution in [0.5, 0.6) is 0 Å². The Hall–Kier alpha value is -2.25. The first kappa shape index (κ1) is 17.1. The van der Waals surface area contributed by atoms with Crippen molar-refractivity contribution in [3.05, 3.63) is 72.7 Å². The van der Waals surface area contributed by atoms with Crippen LogP contribution in [0.25, 0.3) is 0 Å². The lowest BCUT2D eigenvalue weighted by atomic mass is 10.1. The van der Waals surface area contributed by atoms with E-state index in [4.69, 9.17) is 11.6 Å². The van der Waals surface area contributed by atoms with Crippen molar-refractivity contribution in [2.24, 2.45) is 5.10 Å². The van der Waals surface area contributed by atoms with Gasteiger partial charge in [-0.05, 0) is 46.6 Å². The molecule has 0 bridgehead atoms. The Morgan fingerprint density at radius 3 is 2.74 bits per heavy atom. The molecule has 0 atom stereocenters. The van der Waals surface area contributed by atoms with E-state index in [9.17, 15) is 14.9 Å². The van der Waals surface area contributed by atoms with E-state index in [2.05, 4.69) is 26.5 Å². The Morgan fingerprint density at radius 2 is 2.09 bits per heavy atom. The van der Waals surface area contributed by atoms with Crippen molar-refractivity contribution in [2.45, 2.75) is 6.92 Å². The van der Waals surface area contributed by atoms with Crippen LogP contribution in [0.3, 0.4) is 0 Å². The summed E-state index contributed by atoms with van der Waals surface area (Å²) >= 11 is 9.10. The van der Waals surface area contributed by atoms with E-state index in [1.54, 1.807) is 24.3 Å². The lowest BCUT2D eigenvalue weighted by Crippen LogP contribution is -2.18. The Bertz CT molecular complexity index is 809. The number of rotatable bonds is 4. The van der Waals surface area contributed by atoms with Gasteiger partial charge < -0.3 is 0 Å². The number of aryl methyl sites for hydroxylation is 1. The molecule has 0 radical (unpaired) electrons. The monoisotopic (exact) mass is 395 g/mol. The fourth-order valence-corrected chi connectivity index (χ4v) is 2.49. The first-order valence-electron chi connectivity index (χ1n) is 6.42. The van der Waals surface area contributed by atoms with Crippen molar-refractivity contribution in [3.63, 3.8) is 0 Å². The molecule has 0 fully saturated rings. The molecule has 0 aliphatic carbocycles. The van der Waals surface area contributed by atoms with Gasteiger partial charge in [0.15, 0.2) is 0 Å². The van der Waals surface area contributed by atoms with E-state index in [-0.39, 0.29) is 5.69 Å². The second kappa shape index (κ2) is 7.34. The summed E-state index contributed by atoms with van der Waals surface area (Å²) in [5, 5.41) is 15.0. The number of hydrogen-bond donors (Lipinski definition) is 1. The van der Waals surface area contributed by atoms with Crippen LogP contribution in [-0.4, -0.2) is 17.0 Å². The molecule has 23 heavy (non-hydrogen) atoms. The van der Waals surface area contributed by atoms with Crippen LogP contribution in [0, 0.1) is 17.0 Å². The largest absolute Gasteiger partial charge is 0.284 e. The molecule has 8 heteroatoms. The molecule has 0 spiro atoms. The van der Waals surface area contributed by atoms with Gasteiger partial charge >= 0.3 is 0 Å². The Labute approximate surface area is 145 Å². The second-order valence-electron chi connectivity index (χ2n) is 4.65. The van der Waals surface area contributed by atoms with E-state index in [0.717, 1.165) is 5.56 Å². The molecule has 0 unspecified atom stereocenters. The summed E-state index contributed by atoms with van der Waals surface area (Å²) in [4.78, 5) is 22.3. The minimum absolute atomic E-state index is 0.0816. The molecule has 118 valence electrons. The van der Waals surface area contributed by atoms with Crippen LogP contribution in [0.2, 0.25) is 5.02 Å². The summed E-state index contributed by atoms with van der Waals surface area (Å²) in [6.07, 6.45) is 1.32. The highest BCUT2D eigenvalue weighted by atomic mass is 79.9. The minimum Gasteiger partial charge on any atom is -0.267 e. The number of hydrazone groups is 1. The van der Waals surface area contributed by atoms with Crippen molar-refractivity contribution in [3.8, 4) is 0 Å². The molecular weight excluding hydrogens is 386 g/mol.